The van der Waals surface area contributed by atoms with Gasteiger partial charge in [0.2, 0.25) is 17.5 Å². The van der Waals surface area contributed by atoms with E-state index in [-0.39, 0.29) is 11.6 Å². The lowest BCUT2D eigenvalue weighted by atomic mass is 10.1. The molecule has 0 saturated carbocycles. The molecule has 86 valence electrons. The fourth-order valence-electron chi connectivity index (χ4n) is 1.86. The van der Waals surface area contributed by atoms with Gasteiger partial charge in [0.15, 0.2) is 0 Å². The van der Waals surface area contributed by atoms with Gasteiger partial charge in [-0.25, -0.2) is 0 Å². The molecule has 2 N–H and O–H groups in total. The van der Waals surface area contributed by atoms with Gasteiger partial charge in [-0.05, 0) is 22.9 Å². The third-order valence-corrected chi connectivity index (χ3v) is 2.76. The molecule has 0 amide bonds. The quantitative estimate of drug-likeness (QED) is 0.703. The molecule has 3 rings (SSSR count). The number of oxazole rings is 1. The minimum absolute atomic E-state index is 0.0562. The number of nitriles is 1. The molecule has 1 heterocycles. The van der Waals surface area contributed by atoms with Crippen LogP contribution in [0.4, 0.5) is 5.88 Å². The molecular formula is C14H9N3O. The monoisotopic (exact) mass is 235 g/mol. The fraction of sp³-hybridized carbons (Fsp3) is 0. The molecule has 4 heteroatoms. The van der Waals surface area contributed by atoms with Crippen LogP contribution in [0.1, 0.15) is 5.69 Å². The normalized spacial score (nSPS) is 10.4. The van der Waals surface area contributed by atoms with Crippen LogP contribution >= 0.6 is 0 Å². The third-order valence-electron chi connectivity index (χ3n) is 2.76. The van der Waals surface area contributed by atoms with E-state index in [4.69, 9.17) is 15.4 Å². The lowest BCUT2D eigenvalue weighted by Crippen LogP contribution is -1.84. The van der Waals surface area contributed by atoms with Crippen LogP contribution in [0.2, 0.25) is 0 Å². The Kier molecular flexibility index (Phi) is 2.24. The Hall–Kier alpha value is -2.80. The average Bonchev–Trinajstić information content (AvgIpc) is 2.79. The van der Waals surface area contributed by atoms with Crippen molar-refractivity contribution in [2.75, 3.05) is 5.73 Å². The van der Waals surface area contributed by atoms with Gasteiger partial charge in [0.05, 0.1) is 0 Å². The van der Waals surface area contributed by atoms with Gasteiger partial charge >= 0.3 is 0 Å². The summed E-state index contributed by atoms with van der Waals surface area (Å²) in [5, 5.41) is 11.0. The lowest BCUT2D eigenvalue weighted by Gasteiger charge is -1.99. The number of fused-ring (bicyclic) bond motifs is 1. The minimum Gasteiger partial charge on any atom is -0.419 e. The summed E-state index contributed by atoms with van der Waals surface area (Å²) in [7, 11) is 0. The number of nitrogens with two attached hydrogens (primary N) is 1. The Morgan fingerprint density at radius 1 is 1.11 bits per heavy atom. The molecule has 0 fully saturated rings. The van der Waals surface area contributed by atoms with Crippen LogP contribution in [-0.4, -0.2) is 4.98 Å². The number of nitrogens with zero attached hydrogens (tertiary/aromatic N) is 2. The highest BCUT2D eigenvalue weighted by Crippen LogP contribution is 2.26. The molecule has 18 heavy (non-hydrogen) atoms. The number of benzene rings is 2. The summed E-state index contributed by atoms with van der Waals surface area (Å²) in [6.07, 6.45) is 0. The van der Waals surface area contributed by atoms with Crippen LogP contribution in [-0.2, 0) is 0 Å². The van der Waals surface area contributed by atoms with Crippen LogP contribution in [0.25, 0.3) is 22.2 Å². The molecular weight excluding hydrogens is 226 g/mol. The first kappa shape index (κ1) is 10.4. The first-order chi connectivity index (χ1) is 8.78. The van der Waals surface area contributed by atoms with Crippen molar-refractivity contribution >= 4 is 16.7 Å². The molecule has 0 aliphatic heterocycles. The fourth-order valence-corrected chi connectivity index (χ4v) is 1.86. The summed E-state index contributed by atoms with van der Waals surface area (Å²) in [5.41, 5.74) is 6.48. The summed E-state index contributed by atoms with van der Waals surface area (Å²) in [4.78, 5) is 4.05. The van der Waals surface area contributed by atoms with Crippen molar-refractivity contribution < 1.29 is 4.42 Å². The van der Waals surface area contributed by atoms with Gasteiger partial charge < -0.3 is 10.2 Å². The van der Waals surface area contributed by atoms with Crippen molar-refractivity contribution in [2.45, 2.75) is 0 Å². The number of hydrogen-bond acceptors (Lipinski definition) is 4. The number of aromatic nitrogens is 1. The van der Waals surface area contributed by atoms with E-state index in [0.717, 1.165) is 16.3 Å². The highest BCUT2D eigenvalue weighted by molar-refractivity contribution is 5.86. The molecule has 0 atom stereocenters. The molecule has 0 saturated heterocycles. The topological polar surface area (TPSA) is 75.8 Å². The van der Waals surface area contributed by atoms with E-state index in [2.05, 4.69) is 4.98 Å². The number of nitrogen functional groups attached to an aromatic ring is 1. The lowest BCUT2D eigenvalue weighted by molar-refractivity contribution is 0.594. The Morgan fingerprint density at radius 2 is 1.89 bits per heavy atom. The van der Waals surface area contributed by atoms with Crippen molar-refractivity contribution in [1.29, 1.82) is 5.26 Å². The summed E-state index contributed by atoms with van der Waals surface area (Å²) in [6, 6.07) is 15.7. The second kappa shape index (κ2) is 3.90. The molecule has 0 aliphatic carbocycles. The maximum atomic E-state index is 8.80. The third kappa shape index (κ3) is 1.59. The zero-order valence-corrected chi connectivity index (χ0v) is 9.42. The van der Waals surface area contributed by atoms with Crippen molar-refractivity contribution in [1.82, 2.24) is 4.98 Å². The Morgan fingerprint density at radius 3 is 2.61 bits per heavy atom. The standard InChI is InChI=1S/C14H9N3O/c15-8-12-13(16)18-14(17-12)11-6-5-9-3-1-2-4-10(9)7-11/h1-7H,16H2. The van der Waals surface area contributed by atoms with Gasteiger partial charge in [0, 0.05) is 5.56 Å². The van der Waals surface area contributed by atoms with Gasteiger partial charge in [-0.1, -0.05) is 30.3 Å². The predicted octanol–water partition coefficient (Wildman–Crippen LogP) is 2.95. The molecule has 1 aromatic heterocycles. The maximum absolute atomic E-state index is 8.80. The van der Waals surface area contributed by atoms with Crippen LogP contribution < -0.4 is 5.73 Å². The molecule has 0 bridgehead atoms. The molecule has 3 aromatic rings. The second-order valence-corrected chi connectivity index (χ2v) is 3.91. The van der Waals surface area contributed by atoms with Gasteiger partial charge in [-0.3, -0.25) is 0 Å². The maximum Gasteiger partial charge on any atom is 0.230 e. The van der Waals surface area contributed by atoms with Crippen LogP contribution in [0.3, 0.4) is 0 Å². The Bertz CT molecular complexity index is 768. The largest absolute Gasteiger partial charge is 0.419 e. The summed E-state index contributed by atoms with van der Waals surface area (Å²) in [5.74, 6) is 0.426. The first-order valence-electron chi connectivity index (χ1n) is 5.43. The molecule has 0 radical (unpaired) electrons. The van der Waals surface area contributed by atoms with Gasteiger partial charge in [-0.2, -0.15) is 10.2 Å². The van der Waals surface area contributed by atoms with E-state index in [1.165, 1.54) is 0 Å². The minimum atomic E-state index is 0.0562. The van der Waals surface area contributed by atoms with Crippen molar-refractivity contribution in [2.24, 2.45) is 0 Å². The van der Waals surface area contributed by atoms with E-state index < -0.39 is 0 Å². The molecule has 4 nitrogen and oxygen atoms in total. The van der Waals surface area contributed by atoms with Crippen molar-refractivity contribution in [3.8, 4) is 17.5 Å². The number of hydrogen-bond donors (Lipinski definition) is 1. The van der Waals surface area contributed by atoms with Crippen LogP contribution in [0.5, 0.6) is 0 Å². The summed E-state index contributed by atoms with van der Waals surface area (Å²) in [6.45, 7) is 0. The zero-order valence-electron chi connectivity index (χ0n) is 9.42. The SMILES string of the molecule is N#Cc1nc(-c2ccc3ccccc3c2)oc1N. The second-order valence-electron chi connectivity index (χ2n) is 3.91. The van der Waals surface area contributed by atoms with Crippen molar-refractivity contribution in [3.05, 3.63) is 48.2 Å². The van der Waals surface area contributed by atoms with E-state index in [1.54, 1.807) is 0 Å². The molecule has 0 spiro atoms. The molecule has 2 aromatic carbocycles. The first-order valence-corrected chi connectivity index (χ1v) is 5.43. The zero-order chi connectivity index (χ0) is 12.5. The number of anilines is 1. The molecule has 0 aliphatic rings. The van der Waals surface area contributed by atoms with Crippen LogP contribution in [0, 0.1) is 11.3 Å². The number of rotatable bonds is 1. The van der Waals surface area contributed by atoms with E-state index >= 15 is 0 Å². The van der Waals surface area contributed by atoms with Crippen molar-refractivity contribution in [3.63, 3.8) is 0 Å². The molecule has 0 unspecified atom stereocenters. The summed E-state index contributed by atoms with van der Waals surface area (Å²) < 4.78 is 5.28. The van der Waals surface area contributed by atoms with E-state index in [9.17, 15) is 0 Å². The Labute approximate surface area is 103 Å². The van der Waals surface area contributed by atoms with E-state index in [0.29, 0.717) is 5.89 Å². The van der Waals surface area contributed by atoms with Gasteiger partial charge in [-0.15, -0.1) is 0 Å². The summed E-state index contributed by atoms with van der Waals surface area (Å²) >= 11 is 0. The van der Waals surface area contributed by atoms with Gasteiger partial charge in [0.1, 0.15) is 6.07 Å². The smallest absolute Gasteiger partial charge is 0.230 e. The Balaban J connectivity index is 2.16. The van der Waals surface area contributed by atoms with E-state index in [1.807, 2.05) is 48.5 Å². The average molecular weight is 235 g/mol. The van der Waals surface area contributed by atoms with Crippen LogP contribution in [0.15, 0.2) is 46.9 Å². The predicted molar refractivity (Wildman–Crippen MR) is 68.6 cm³/mol. The highest BCUT2D eigenvalue weighted by atomic mass is 16.4. The highest BCUT2D eigenvalue weighted by Gasteiger charge is 2.11. The van der Waals surface area contributed by atoms with Gasteiger partial charge in [0.25, 0.3) is 0 Å².